The van der Waals surface area contributed by atoms with Gasteiger partial charge in [0.2, 0.25) is 0 Å². The van der Waals surface area contributed by atoms with Crippen molar-refractivity contribution in [2.45, 2.75) is 20.3 Å². The highest BCUT2D eigenvalue weighted by atomic mass is 79.9. The number of carbonyl (C=O) groups is 2. The molecule has 0 aliphatic heterocycles. The summed E-state index contributed by atoms with van der Waals surface area (Å²) in [6.45, 7) is 2.92. The average molecular weight is 412 g/mol. The minimum Gasteiger partial charge on any atom is -0.506 e. The molecule has 0 spiro atoms. The van der Waals surface area contributed by atoms with E-state index in [9.17, 15) is 14.7 Å². The van der Waals surface area contributed by atoms with Gasteiger partial charge in [0.25, 0.3) is 0 Å². The number of allylic oxidation sites excluding steroid dienone is 1. The van der Waals surface area contributed by atoms with E-state index in [1.54, 1.807) is 18.2 Å². The van der Waals surface area contributed by atoms with Gasteiger partial charge in [0.15, 0.2) is 11.6 Å². The zero-order chi connectivity index (χ0) is 18.8. The lowest BCUT2D eigenvalue weighted by Crippen LogP contribution is -2.01. The quantitative estimate of drug-likeness (QED) is 0.455. The van der Waals surface area contributed by atoms with Crippen molar-refractivity contribution < 1.29 is 14.7 Å². The number of benzene rings is 2. The topological polar surface area (TPSA) is 70.2 Å². The number of ketones is 2. The summed E-state index contributed by atoms with van der Waals surface area (Å²) in [5, 5.41) is 11.3. The van der Waals surface area contributed by atoms with Crippen LogP contribution < -0.4 is 0 Å². The summed E-state index contributed by atoms with van der Waals surface area (Å²) in [5.41, 5.74) is 3.57. The summed E-state index contributed by atoms with van der Waals surface area (Å²) in [6.07, 6.45) is 4.13. The molecule has 0 aliphatic rings. The molecule has 0 amide bonds. The van der Waals surface area contributed by atoms with E-state index in [-0.39, 0.29) is 22.9 Å². The van der Waals surface area contributed by atoms with E-state index in [1.807, 2.05) is 30.5 Å². The standard InChI is InChI=1S/C21H18BrNO3/c1-12(24)15(10-16-11-23-19-6-4-3-5-18(16)19)9-14-7-8-17(13(2)25)21(26)20(14)22/h3-9,11,23,26H,10H2,1-2H3/b15-9-. The van der Waals surface area contributed by atoms with Gasteiger partial charge in [-0.05, 0) is 64.7 Å². The normalized spacial score (nSPS) is 11.7. The molecule has 0 radical (unpaired) electrons. The molecule has 1 aromatic heterocycles. The van der Waals surface area contributed by atoms with E-state index in [2.05, 4.69) is 20.9 Å². The number of aromatic amines is 1. The molecule has 132 valence electrons. The third-order valence-electron chi connectivity index (χ3n) is 4.36. The summed E-state index contributed by atoms with van der Waals surface area (Å²) in [6, 6.07) is 11.2. The van der Waals surface area contributed by atoms with Crippen molar-refractivity contribution in [2.24, 2.45) is 0 Å². The van der Waals surface area contributed by atoms with Gasteiger partial charge in [0.1, 0.15) is 5.75 Å². The fourth-order valence-electron chi connectivity index (χ4n) is 2.92. The van der Waals surface area contributed by atoms with Crippen molar-refractivity contribution in [3.8, 4) is 5.75 Å². The maximum atomic E-state index is 12.2. The number of Topliss-reactive ketones (excluding diaryl/α,β-unsaturated/α-hetero) is 2. The molecule has 0 aliphatic carbocycles. The molecule has 3 aromatic rings. The largest absolute Gasteiger partial charge is 0.506 e. The Morgan fingerprint density at radius 2 is 1.88 bits per heavy atom. The number of nitrogens with one attached hydrogen (secondary N) is 1. The number of H-pyrrole nitrogens is 1. The molecule has 2 aromatic carbocycles. The first-order valence-corrected chi connectivity index (χ1v) is 8.96. The monoisotopic (exact) mass is 411 g/mol. The Bertz CT molecular complexity index is 1050. The molecule has 4 nitrogen and oxygen atoms in total. The van der Waals surface area contributed by atoms with Gasteiger partial charge in [0.05, 0.1) is 10.0 Å². The van der Waals surface area contributed by atoms with Crippen LogP contribution >= 0.6 is 15.9 Å². The fraction of sp³-hybridized carbons (Fsp3) is 0.143. The van der Waals surface area contributed by atoms with Gasteiger partial charge in [-0.1, -0.05) is 24.3 Å². The highest BCUT2D eigenvalue weighted by molar-refractivity contribution is 9.10. The highest BCUT2D eigenvalue weighted by Crippen LogP contribution is 2.33. The molecule has 5 heteroatoms. The molecule has 0 bridgehead atoms. The number of para-hydroxylation sites is 1. The van der Waals surface area contributed by atoms with Crippen molar-refractivity contribution >= 4 is 44.5 Å². The fourth-order valence-corrected chi connectivity index (χ4v) is 3.38. The molecule has 0 saturated heterocycles. The molecule has 0 unspecified atom stereocenters. The zero-order valence-corrected chi connectivity index (χ0v) is 16.1. The predicted octanol–water partition coefficient (Wildman–Crippen LogP) is 5.05. The number of halogens is 1. The van der Waals surface area contributed by atoms with Gasteiger partial charge in [-0.25, -0.2) is 0 Å². The molecule has 3 rings (SSSR count). The lowest BCUT2D eigenvalue weighted by atomic mass is 9.98. The number of hydrogen-bond donors (Lipinski definition) is 2. The first-order valence-electron chi connectivity index (χ1n) is 8.17. The Kier molecular flexibility index (Phi) is 5.09. The van der Waals surface area contributed by atoms with E-state index < -0.39 is 0 Å². The maximum Gasteiger partial charge on any atom is 0.163 e. The van der Waals surface area contributed by atoms with Crippen LogP contribution in [0.1, 0.15) is 35.3 Å². The van der Waals surface area contributed by atoms with Crippen LogP contribution in [0, 0.1) is 0 Å². The summed E-state index contributed by atoms with van der Waals surface area (Å²) < 4.78 is 0.405. The van der Waals surface area contributed by atoms with Crippen LogP contribution in [0.2, 0.25) is 0 Å². The number of carbonyl (C=O) groups excluding carboxylic acids is 2. The van der Waals surface area contributed by atoms with Gasteiger partial charge >= 0.3 is 0 Å². The average Bonchev–Trinajstić information content (AvgIpc) is 3.01. The lowest BCUT2D eigenvalue weighted by Gasteiger charge is -2.09. The maximum absolute atomic E-state index is 12.2. The first kappa shape index (κ1) is 18.1. The second-order valence-electron chi connectivity index (χ2n) is 6.18. The van der Waals surface area contributed by atoms with Crippen LogP contribution in [0.25, 0.3) is 17.0 Å². The van der Waals surface area contributed by atoms with Crippen LogP contribution in [0.4, 0.5) is 0 Å². The number of rotatable bonds is 5. The minimum atomic E-state index is -0.218. The van der Waals surface area contributed by atoms with Crippen molar-refractivity contribution in [2.75, 3.05) is 0 Å². The van der Waals surface area contributed by atoms with E-state index in [0.29, 0.717) is 22.0 Å². The molecule has 2 N–H and O–H groups in total. The summed E-state index contributed by atoms with van der Waals surface area (Å²) in [4.78, 5) is 26.9. The van der Waals surface area contributed by atoms with Gasteiger partial charge in [-0.2, -0.15) is 0 Å². The van der Waals surface area contributed by atoms with E-state index >= 15 is 0 Å². The molecular formula is C21H18BrNO3. The van der Waals surface area contributed by atoms with E-state index in [1.165, 1.54) is 13.8 Å². The zero-order valence-electron chi connectivity index (χ0n) is 14.5. The minimum absolute atomic E-state index is 0.0442. The van der Waals surface area contributed by atoms with Gasteiger partial charge in [0, 0.05) is 23.5 Å². The molecular weight excluding hydrogens is 394 g/mol. The number of phenolic OH excluding ortho intramolecular Hbond substituents is 1. The predicted molar refractivity (Wildman–Crippen MR) is 106 cm³/mol. The Hall–Kier alpha value is -2.66. The SMILES string of the molecule is CC(=O)/C(=C\c1ccc(C(C)=O)c(O)c1Br)Cc1c[nH]c2ccccc12. The first-order chi connectivity index (χ1) is 12.4. The number of fused-ring (bicyclic) bond motifs is 1. The van der Waals surface area contributed by atoms with Crippen molar-refractivity contribution in [3.05, 3.63) is 69.3 Å². The van der Waals surface area contributed by atoms with Crippen LogP contribution in [0.5, 0.6) is 5.75 Å². The second-order valence-corrected chi connectivity index (χ2v) is 6.98. The molecule has 26 heavy (non-hydrogen) atoms. The van der Waals surface area contributed by atoms with Crippen LogP contribution in [0.3, 0.4) is 0 Å². The molecule has 0 saturated carbocycles. The van der Waals surface area contributed by atoms with Crippen LogP contribution in [0.15, 0.2) is 52.6 Å². The summed E-state index contributed by atoms with van der Waals surface area (Å²) in [7, 11) is 0. The molecule has 0 fully saturated rings. The van der Waals surface area contributed by atoms with E-state index in [4.69, 9.17) is 0 Å². The van der Waals surface area contributed by atoms with Gasteiger partial charge < -0.3 is 10.1 Å². The Morgan fingerprint density at radius 1 is 1.15 bits per heavy atom. The smallest absolute Gasteiger partial charge is 0.163 e. The van der Waals surface area contributed by atoms with Gasteiger partial charge in [-0.3, -0.25) is 9.59 Å². The lowest BCUT2D eigenvalue weighted by molar-refractivity contribution is -0.113. The van der Waals surface area contributed by atoms with Crippen molar-refractivity contribution in [3.63, 3.8) is 0 Å². The van der Waals surface area contributed by atoms with Crippen molar-refractivity contribution in [1.82, 2.24) is 4.98 Å². The number of aromatic nitrogens is 1. The molecule has 0 atom stereocenters. The Balaban J connectivity index is 2.02. The Morgan fingerprint density at radius 3 is 2.58 bits per heavy atom. The Labute approximate surface area is 159 Å². The van der Waals surface area contributed by atoms with Crippen LogP contribution in [-0.4, -0.2) is 21.7 Å². The third-order valence-corrected chi connectivity index (χ3v) is 5.20. The third kappa shape index (κ3) is 3.48. The molecule has 1 heterocycles. The highest BCUT2D eigenvalue weighted by Gasteiger charge is 2.15. The van der Waals surface area contributed by atoms with Gasteiger partial charge in [-0.15, -0.1) is 0 Å². The summed E-state index contributed by atoms with van der Waals surface area (Å²) in [5.74, 6) is -0.372. The van der Waals surface area contributed by atoms with Crippen molar-refractivity contribution in [1.29, 1.82) is 0 Å². The second kappa shape index (κ2) is 7.30. The summed E-state index contributed by atoms with van der Waals surface area (Å²) >= 11 is 3.33. The number of hydrogen-bond acceptors (Lipinski definition) is 3. The van der Waals surface area contributed by atoms with Crippen LogP contribution in [-0.2, 0) is 11.2 Å². The number of phenols is 1. The van der Waals surface area contributed by atoms with E-state index in [0.717, 1.165) is 16.5 Å². The number of aromatic hydroxyl groups is 1.